The zero-order chi connectivity index (χ0) is 19.0. The molecule has 6 nitrogen and oxygen atoms in total. The monoisotopic (exact) mass is 396 g/mol. The summed E-state index contributed by atoms with van der Waals surface area (Å²) in [4.78, 5) is 37.4. The van der Waals surface area contributed by atoms with Crippen molar-refractivity contribution in [3.8, 4) is 0 Å². The van der Waals surface area contributed by atoms with Crippen LogP contribution >= 0.6 is 23.1 Å². The van der Waals surface area contributed by atoms with Crippen molar-refractivity contribution in [3.63, 3.8) is 0 Å². The van der Waals surface area contributed by atoms with E-state index >= 15 is 0 Å². The maximum Gasteiger partial charge on any atom is 0.324 e. The Labute approximate surface area is 162 Å². The summed E-state index contributed by atoms with van der Waals surface area (Å²) in [6.07, 6.45) is 1.53. The maximum atomic E-state index is 12.7. The number of hydrogen-bond donors (Lipinski definition) is 0. The highest BCUT2D eigenvalue weighted by molar-refractivity contribution is 8.18. The van der Waals surface area contributed by atoms with Crippen molar-refractivity contribution in [1.29, 1.82) is 0 Å². The van der Waals surface area contributed by atoms with Gasteiger partial charge in [0.25, 0.3) is 11.1 Å². The minimum Gasteiger partial charge on any atom is -0.268 e. The van der Waals surface area contributed by atoms with Gasteiger partial charge in [-0.1, -0.05) is 53.8 Å². The van der Waals surface area contributed by atoms with E-state index in [1.165, 1.54) is 17.0 Å². The molecule has 0 N–H and O–H groups in total. The average Bonchev–Trinajstić information content (AvgIpc) is 3.23. The summed E-state index contributed by atoms with van der Waals surface area (Å²) in [6, 6.07) is 16.5. The third-order valence-corrected chi connectivity index (χ3v) is 6.04. The lowest BCUT2D eigenvalue weighted by Gasteiger charge is -2.14. The van der Waals surface area contributed by atoms with E-state index in [0.29, 0.717) is 4.88 Å². The van der Waals surface area contributed by atoms with Gasteiger partial charge in [-0.05, 0) is 40.2 Å². The molecule has 1 aliphatic heterocycles. The Morgan fingerprint density at radius 2 is 1.81 bits per heavy atom. The highest BCUT2D eigenvalue weighted by atomic mass is 32.2. The van der Waals surface area contributed by atoms with Gasteiger partial charge in [-0.2, -0.15) is 0 Å². The predicted octanol–water partition coefficient (Wildman–Crippen LogP) is 5.05. The van der Waals surface area contributed by atoms with Gasteiger partial charge >= 0.3 is 5.00 Å². The molecular weight excluding hydrogens is 384 g/mol. The Morgan fingerprint density at radius 3 is 2.59 bits per heavy atom. The van der Waals surface area contributed by atoms with Crippen molar-refractivity contribution in [2.45, 2.75) is 6.54 Å². The van der Waals surface area contributed by atoms with E-state index in [1.807, 2.05) is 42.5 Å². The number of imide groups is 1. The van der Waals surface area contributed by atoms with E-state index in [4.69, 9.17) is 0 Å². The number of carbonyl (C=O) groups is 2. The van der Waals surface area contributed by atoms with Crippen LogP contribution in [-0.4, -0.2) is 21.0 Å². The number of nitro groups is 1. The molecule has 4 rings (SSSR count). The van der Waals surface area contributed by atoms with Gasteiger partial charge in [0.1, 0.15) is 0 Å². The number of carbonyl (C=O) groups excluding carboxylic acids is 2. The summed E-state index contributed by atoms with van der Waals surface area (Å²) in [7, 11) is 0. The van der Waals surface area contributed by atoms with Crippen LogP contribution in [0.2, 0.25) is 0 Å². The van der Waals surface area contributed by atoms with Crippen molar-refractivity contribution in [1.82, 2.24) is 4.90 Å². The Morgan fingerprint density at radius 1 is 1.04 bits per heavy atom. The third kappa shape index (κ3) is 3.36. The maximum absolute atomic E-state index is 12.7. The predicted molar refractivity (Wildman–Crippen MR) is 106 cm³/mol. The SMILES string of the molecule is O=C1S/C(=C\c2ccc([N+](=O)[O-])s2)C(=O)N1Cc1cccc2ccccc12. The molecule has 2 heterocycles. The van der Waals surface area contributed by atoms with Gasteiger partial charge < -0.3 is 0 Å². The average molecular weight is 396 g/mol. The summed E-state index contributed by atoms with van der Waals surface area (Å²) in [5.74, 6) is -0.381. The smallest absolute Gasteiger partial charge is 0.268 e. The Kier molecular flexibility index (Phi) is 4.51. The van der Waals surface area contributed by atoms with Crippen LogP contribution < -0.4 is 0 Å². The Bertz CT molecular complexity index is 1110. The molecule has 2 amide bonds. The van der Waals surface area contributed by atoms with Crippen molar-refractivity contribution in [2.24, 2.45) is 0 Å². The first kappa shape index (κ1) is 17.4. The molecule has 27 heavy (non-hydrogen) atoms. The molecule has 0 spiro atoms. The van der Waals surface area contributed by atoms with Crippen LogP contribution in [0.4, 0.5) is 9.80 Å². The summed E-state index contributed by atoms with van der Waals surface area (Å²) in [6.45, 7) is 0.188. The number of thioether (sulfide) groups is 1. The van der Waals surface area contributed by atoms with E-state index in [0.717, 1.165) is 39.4 Å². The van der Waals surface area contributed by atoms with Crippen LogP contribution in [-0.2, 0) is 11.3 Å². The van der Waals surface area contributed by atoms with Crippen molar-refractivity contribution in [3.05, 3.63) is 80.1 Å². The number of rotatable bonds is 4. The molecule has 1 saturated heterocycles. The lowest BCUT2D eigenvalue weighted by Crippen LogP contribution is -2.27. The fraction of sp³-hybridized carbons (Fsp3) is 0.0526. The molecule has 0 saturated carbocycles. The highest BCUT2D eigenvalue weighted by Gasteiger charge is 2.35. The zero-order valence-electron chi connectivity index (χ0n) is 13.8. The second kappa shape index (κ2) is 6.98. The van der Waals surface area contributed by atoms with Gasteiger partial charge in [0, 0.05) is 10.9 Å². The van der Waals surface area contributed by atoms with Gasteiger partial charge in [0.15, 0.2) is 0 Å². The molecule has 1 aromatic heterocycles. The van der Waals surface area contributed by atoms with Crippen LogP contribution in [0.15, 0.2) is 59.5 Å². The summed E-state index contributed by atoms with van der Waals surface area (Å²) in [5, 5.41) is 12.5. The Hall–Kier alpha value is -2.97. The molecule has 0 unspecified atom stereocenters. The highest BCUT2D eigenvalue weighted by Crippen LogP contribution is 2.36. The van der Waals surface area contributed by atoms with Gasteiger partial charge in [0.05, 0.1) is 16.4 Å². The van der Waals surface area contributed by atoms with Crippen molar-refractivity contribution < 1.29 is 14.5 Å². The van der Waals surface area contributed by atoms with Crippen LogP contribution in [0.1, 0.15) is 10.4 Å². The Balaban J connectivity index is 1.61. The van der Waals surface area contributed by atoms with Gasteiger partial charge in [-0.3, -0.25) is 24.6 Å². The molecule has 0 aliphatic carbocycles. The molecule has 1 aliphatic rings. The minimum atomic E-state index is -0.478. The number of hydrogen-bond acceptors (Lipinski definition) is 6. The van der Waals surface area contributed by atoms with E-state index in [-0.39, 0.29) is 27.6 Å². The van der Waals surface area contributed by atoms with E-state index in [9.17, 15) is 19.7 Å². The summed E-state index contributed by atoms with van der Waals surface area (Å²) < 4.78 is 0. The molecular formula is C19H12N2O4S2. The number of benzene rings is 2. The first-order valence-corrected chi connectivity index (χ1v) is 9.62. The quantitative estimate of drug-likeness (QED) is 0.350. The molecule has 1 fully saturated rings. The van der Waals surface area contributed by atoms with Crippen molar-refractivity contribution in [2.75, 3.05) is 0 Å². The fourth-order valence-corrected chi connectivity index (χ4v) is 4.55. The third-order valence-electron chi connectivity index (χ3n) is 4.15. The molecule has 0 atom stereocenters. The number of nitrogens with zero attached hydrogens (tertiary/aromatic N) is 2. The lowest BCUT2D eigenvalue weighted by atomic mass is 10.0. The molecule has 134 valence electrons. The van der Waals surface area contributed by atoms with Gasteiger partial charge in [-0.25, -0.2) is 0 Å². The zero-order valence-corrected chi connectivity index (χ0v) is 15.5. The van der Waals surface area contributed by atoms with E-state index < -0.39 is 4.92 Å². The summed E-state index contributed by atoms with van der Waals surface area (Å²) >= 11 is 1.82. The van der Waals surface area contributed by atoms with Crippen LogP contribution in [0.3, 0.4) is 0 Å². The number of fused-ring (bicyclic) bond motifs is 1. The second-order valence-electron chi connectivity index (χ2n) is 5.84. The number of amides is 2. The van der Waals surface area contributed by atoms with Crippen molar-refractivity contribution >= 4 is 56.1 Å². The van der Waals surface area contributed by atoms with Crippen LogP contribution in [0.5, 0.6) is 0 Å². The standard InChI is InChI=1S/C19H12N2O4S2/c22-18-16(10-14-8-9-17(26-14)21(24)25)27-19(23)20(18)11-13-6-3-5-12-4-1-2-7-15(12)13/h1-10H,11H2/b16-10-. The van der Waals surface area contributed by atoms with Gasteiger partial charge in [0.2, 0.25) is 0 Å². The molecule has 0 bridgehead atoms. The molecule has 0 radical (unpaired) electrons. The second-order valence-corrected chi connectivity index (χ2v) is 7.93. The molecule has 2 aromatic carbocycles. The molecule has 3 aromatic rings. The number of thiophene rings is 1. The largest absolute Gasteiger partial charge is 0.324 e. The molecule has 8 heteroatoms. The van der Waals surface area contributed by atoms with E-state index in [2.05, 4.69) is 0 Å². The topological polar surface area (TPSA) is 80.5 Å². The lowest BCUT2D eigenvalue weighted by molar-refractivity contribution is -0.380. The summed E-state index contributed by atoms with van der Waals surface area (Å²) in [5.41, 5.74) is 0.892. The van der Waals surface area contributed by atoms with Gasteiger partial charge in [-0.15, -0.1) is 0 Å². The first-order valence-electron chi connectivity index (χ1n) is 7.99. The first-order chi connectivity index (χ1) is 13.0. The van der Waals surface area contributed by atoms with E-state index in [1.54, 1.807) is 6.07 Å². The van der Waals surface area contributed by atoms with Crippen LogP contribution in [0.25, 0.3) is 16.8 Å². The normalized spacial score (nSPS) is 15.9. The van der Waals surface area contributed by atoms with Crippen LogP contribution in [0, 0.1) is 10.1 Å². The fourth-order valence-electron chi connectivity index (χ4n) is 2.88. The minimum absolute atomic E-state index is 0.00349.